The lowest BCUT2D eigenvalue weighted by atomic mass is 10.0. The number of aryl methyl sites for hydroxylation is 1. The van der Waals surface area contributed by atoms with Gasteiger partial charge in [0.05, 0.1) is 23.7 Å². The van der Waals surface area contributed by atoms with Crippen molar-refractivity contribution < 1.29 is 9.50 Å². The molecule has 5 heteroatoms. The highest BCUT2D eigenvalue weighted by atomic mass is 19.1. The van der Waals surface area contributed by atoms with E-state index in [0.717, 1.165) is 22.4 Å². The predicted molar refractivity (Wildman–Crippen MR) is 93.0 cm³/mol. The average molecular weight is 327 g/mol. The zero-order valence-electron chi connectivity index (χ0n) is 13.9. The normalized spacial score (nSPS) is 14.0. The van der Waals surface area contributed by atoms with E-state index >= 15 is 0 Å². The summed E-state index contributed by atoms with van der Waals surface area (Å²) in [6.45, 7) is 2.65. The van der Waals surface area contributed by atoms with E-state index in [4.69, 9.17) is 0 Å². The summed E-state index contributed by atoms with van der Waals surface area (Å²) in [4.78, 5) is 4.63. The summed E-state index contributed by atoms with van der Waals surface area (Å²) in [5.41, 5.74) is 2.82. The minimum absolute atomic E-state index is 0.102. The van der Waals surface area contributed by atoms with E-state index < -0.39 is 6.10 Å². The predicted octanol–water partition coefficient (Wildman–Crippen LogP) is 3.31. The number of aliphatic hydroxyl groups is 1. The molecule has 2 aromatic carbocycles. The van der Waals surface area contributed by atoms with Crippen molar-refractivity contribution in [3.63, 3.8) is 0 Å². The maximum atomic E-state index is 12.9. The van der Waals surface area contributed by atoms with E-state index in [1.165, 1.54) is 12.1 Å². The summed E-state index contributed by atoms with van der Waals surface area (Å²) in [6.07, 6.45) is -0.0659. The van der Waals surface area contributed by atoms with Crippen molar-refractivity contribution in [2.75, 3.05) is 0 Å². The van der Waals surface area contributed by atoms with Crippen molar-refractivity contribution in [3.05, 3.63) is 65.7 Å². The van der Waals surface area contributed by atoms with Crippen LogP contribution in [0.1, 0.15) is 30.8 Å². The Kier molecular flexibility index (Phi) is 4.92. The van der Waals surface area contributed by atoms with Crippen LogP contribution in [-0.4, -0.2) is 20.7 Å². The number of aromatic nitrogens is 2. The van der Waals surface area contributed by atoms with E-state index in [1.807, 2.05) is 38.2 Å². The Bertz CT molecular complexity index is 813. The number of benzene rings is 2. The third-order valence-corrected chi connectivity index (χ3v) is 4.32. The highest BCUT2D eigenvalue weighted by molar-refractivity contribution is 5.75. The highest BCUT2D eigenvalue weighted by Crippen LogP contribution is 2.19. The quantitative estimate of drug-likeness (QED) is 0.730. The molecule has 2 atom stereocenters. The van der Waals surface area contributed by atoms with E-state index in [1.54, 1.807) is 12.1 Å². The molecular weight excluding hydrogens is 305 g/mol. The first-order valence-electron chi connectivity index (χ1n) is 8.12. The summed E-state index contributed by atoms with van der Waals surface area (Å²) in [5.74, 6) is 0.665. The molecule has 3 rings (SSSR count). The molecule has 2 N–H and O–H groups in total. The Morgan fingerprint density at radius 1 is 1.17 bits per heavy atom. The molecule has 0 aliphatic heterocycles. The van der Waals surface area contributed by atoms with Gasteiger partial charge in [0.2, 0.25) is 0 Å². The molecule has 0 bridgehead atoms. The van der Waals surface area contributed by atoms with Crippen molar-refractivity contribution >= 4 is 11.0 Å². The SMILES string of the molecule is C[C@@H](C[C@@H](O)c1ccc(F)cc1)NCc1nc2ccccc2n1C. The Morgan fingerprint density at radius 3 is 2.58 bits per heavy atom. The van der Waals surface area contributed by atoms with Crippen molar-refractivity contribution in [1.82, 2.24) is 14.9 Å². The summed E-state index contributed by atoms with van der Waals surface area (Å²) >= 11 is 0. The first-order valence-corrected chi connectivity index (χ1v) is 8.12. The number of hydrogen-bond donors (Lipinski definition) is 2. The molecular formula is C19H22FN3O. The van der Waals surface area contributed by atoms with Crippen LogP contribution in [-0.2, 0) is 13.6 Å². The molecule has 4 nitrogen and oxygen atoms in total. The molecule has 0 fully saturated rings. The third-order valence-electron chi connectivity index (χ3n) is 4.32. The first-order chi connectivity index (χ1) is 11.5. The van der Waals surface area contributed by atoms with Gasteiger partial charge in [-0.3, -0.25) is 0 Å². The number of nitrogens with zero attached hydrogens (tertiary/aromatic N) is 2. The third kappa shape index (κ3) is 3.63. The summed E-state index contributed by atoms with van der Waals surface area (Å²) in [6, 6.07) is 14.1. The van der Waals surface area contributed by atoms with Crippen LogP contribution in [0.3, 0.4) is 0 Å². The highest BCUT2D eigenvalue weighted by Gasteiger charge is 2.14. The molecule has 1 heterocycles. The molecule has 24 heavy (non-hydrogen) atoms. The molecule has 1 aromatic heterocycles. The van der Waals surface area contributed by atoms with E-state index in [9.17, 15) is 9.50 Å². The van der Waals surface area contributed by atoms with Gasteiger partial charge in [0.15, 0.2) is 0 Å². The fourth-order valence-electron chi connectivity index (χ4n) is 2.86. The number of halogens is 1. The molecule has 0 unspecified atom stereocenters. The Morgan fingerprint density at radius 2 is 1.88 bits per heavy atom. The number of nitrogens with one attached hydrogen (secondary N) is 1. The second kappa shape index (κ2) is 7.11. The molecule has 0 aliphatic carbocycles. The average Bonchev–Trinajstić information content (AvgIpc) is 2.90. The monoisotopic (exact) mass is 327 g/mol. The molecule has 0 amide bonds. The standard InChI is InChI=1S/C19H22FN3O/c1-13(11-18(24)14-7-9-15(20)10-8-14)21-12-19-22-16-5-3-4-6-17(16)23(19)2/h3-10,13,18,21,24H,11-12H2,1-2H3/t13-,18+/m0/s1. The van der Waals surface area contributed by atoms with Crippen LogP contribution in [0.5, 0.6) is 0 Å². The number of aliphatic hydroxyl groups excluding tert-OH is 1. The van der Waals surface area contributed by atoms with Crippen molar-refractivity contribution in [1.29, 1.82) is 0 Å². The summed E-state index contributed by atoms with van der Waals surface area (Å²) in [5, 5.41) is 13.7. The van der Waals surface area contributed by atoms with E-state index in [2.05, 4.69) is 14.9 Å². The van der Waals surface area contributed by atoms with Crippen LogP contribution in [0, 0.1) is 5.82 Å². The topological polar surface area (TPSA) is 50.1 Å². The fourth-order valence-corrected chi connectivity index (χ4v) is 2.86. The molecule has 0 aliphatic rings. The first kappa shape index (κ1) is 16.6. The van der Waals surface area contributed by atoms with Crippen LogP contribution >= 0.6 is 0 Å². The van der Waals surface area contributed by atoms with Gasteiger partial charge in [-0.1, -0.05) is 24.3 Å². The zero-order valence-corrected chi connectivity index (χ0v) is 13.9. The van der Waals surface area contributed by atoms with Crippen molar-refractivity contribution in [3.8, 4) is 0 Å². The second-order valence-electron chi connectivity index (χ2n) is 6.16. The maximum Gasteiger partial charge on any atom is 0.123 e. The van der Waals surface area contributed by atoms with Gasteiger partial charge < -0.3 is 15.0 Å². The van der Waals surface area contributed by atoms with Gasteiger partial charge in [0.1, 0.15) is 11.6 Å². The molecule has 3 aromatic rings. The lowest BCUT2D eigenvalue weighted by Gasteiger charge is -2.18. The van der Waals surface area contributed by atoms with Gasteiger partial charge in [-0.25, -0.2) is 9.37 Å². The van der Waals surface area contributed by atoms with Crippen LogP contribution < -0.4 is 5.32 Å². The van der Waals surface area contributed by atoms with Gasteiger partial charge in [-0.15, -0.1) is 0 Å². The summed E-state index contributed by atoms with van der Waals surface area (Å²) in [7, 11) is 2.00. The molecule has 0 saturated heterocycles. The number of para-hydroxylation sites is 2. The van der Waals surface area contributed by atoms with Gasteiger partial charge in [0.25, 0.3) is 0 Å². The van der Waals surface area contributed by atoms with Crippen LogP contribution in [0.15, 0.2) is 48.5 Å². The van der Waals surface area contributed by atoms with Gasteiger partial charge in [-0.05, 0) is 43.2 Å². The minimum atomic E-state index is -0.617. The molecule has 0 saturated carbocycles. The lowest BCUT2D eigenvalue weighted by Crippen LogP contribution is -2.28. The van der Waals surface area contributed by atoms with Crippen LogP contribution in [0.2, 0.25) is 0 Å². The number of hydrogen-bond acceptors (Lipinski definition) is 3. The minimum Gasteiger partial charge on any atom is -0.388 e. The molecule has 126 valence electrons. The molecule has 0 radical (unpaired) electrons. The van der Waals surface area contributed by atoms with E-state index in [0.29, 0.717) is 13.0 Å². The fraction of sp³-hybridized carbons (Fsp3) is 0.316. The zero-order chi connectivity index (χ0) is 17.1. The van der Waals surface area contributed by atoms with Gasteiger partial charge in [0, 0.05) is 13.1 Å². The number of rotatable bonds is 6. The number of fused-ring (bicyclic) bond motifs is 1. The van der Waals surface area contributed by atoms with Crippen molar-refractivity contribution in [2.24, 2.45) is 7.05 Å². The van der Waals surface area contributed by atoms with Crippen LogP contribution in [0.4, 0.5) is 4.39 Å². The second-order valence-corrected chi connectivity index (χ2v) is 6.16. The van der Waals surface area contributed by atoms with Gasteiger partial charge in [-0.2, -0.15) is 0 Å². The van der Waals surface area contributed by atoms with Crippen LogP contribution in [0.25, 0.3) is 11.0 Å². The Labute approximate surface area is 141 Å². The lowest BCUT2D eigenvalue weighted by molar-refractivity contribution is 0.153. The smallest absolute Gasteiger partial charge is 0.123 e. The largest absolute Gasteiger partial charge is 0.388 e. The van der Waals surface area contributed by atoms with Crippen molar-refractivity contribution in [2.45, 2.75) is 32.0 Å². The Balaban J connectivity index is 1.59. The molecule has 0 spiro atoms. The van der Waals surface area contributed by atoms with E-state index in [-0.39, 0.29) is 11.9 Å². The Hall–Kier alpha value is -2.24. The maximum absolute atomic E-state index is 12.9. The number of imidazole rings is 1. The van der Waals surface area contributed by atoms with Gasteiger partial charge >= 0.3 is 0 Å². The summed E-state index contributed by atoms with van der Waals surface area (Å²) < 4.78 is 15.0.